The molecule has 6 heteroatoms. The largest absolute Gasteiger partial charge is 0.429 e. The number of nitrogens with zero attached hydrogens (tertiary/aromatic N) is 1. The van der Waals surface area contributed by atoms with Gasteiger partial charge >= 0.3 is 6.11 Å². The zero-order valence-corrected chi connectivity index (χ0v) is 14.8. The molecule has 1 rings (SSSR count). The van der Waals surface area contributed by atoms with Crippen molar-refractivity contribution in [3.63, 3.8) is 0 Å². The predicted molar refractivity (Wildman–Crippen MR) is 94.4 cm³/mol. The molecule has 0 saturated heterocycles. The Morgan fingerprint density at radius 2 is 2.22 bits per heavy atom. The third-order valence-electron chi connectivity index (χ3n) is 3.03. The Labute approximate surface area is 144 Å². The molecule has 0 heterocycles. The maximum absolute atomic E-state index is 13.4. The van der Waals surface area contributed by atoms with Gasteiger partial charge < -0.3 is 10.1 Å². The van der Waals surface area contributed by atoms with Gasteiger partial charge in [0, 0.05) is 12.5 Å². The number of rotatable bonds is 9. The molecule has 0 fully saturated rings. The maximum atomic E-state index is 13.4. The number of alkyl halides is 2. The SMILES string of the molecule is C/C=C/C(F)(F)Oc1cccc(CCC(CC=N)N=C(C)Br)c1. The van der Waals surface area contributed by atoms with Crippen LogP contribution in [-0.2, 0) is 6.42 Å². The molecule has 1 atom stereocenters. The first-order valence-corrected chi connectivity index (χ1v) is 8.14. The van der Waals surface area contributed by atoms with E-state index >= 15 is 0 Å². The van der Waals surface area contributed by atoms with Gasteiger partial charge in [0.15, 0.2) is 0 Å². The summed E-state index contributed by atoms with van der Waals surface area (Å²) < 4.78 is 32.4. The van der Waals surface area contributed by atoms with Crippen LogP contribution >= 0.6 is 15.9 Å². The highest BCUT2D eigenvalue weighted by molar-refractivity contribution is 9.18. The Morgan fingerprint density at radius 3 is 2.83 bits per heavy atom. The molecule has 23 heavy (non-hydrogen) atoms. The smallest absolute Gasteiger partial charge is 0.419 e. The van der Waals surface area contributed by atoms with Gasteiger partial charge in [-0.2, -0.15) is 8.78 Å². The zero-order chi connectivity index (χ0) is 17.3. The molecule has 3 nitrogen and oxygen atoms in total. The molecule has 1 N–H and O–H groups in total. The van der Waals surface area contributed by atoms with E-state index in [4.69, 9.17) is 10.1 Å². The van der Waals surface area contributed by atoms with Crippen LogP contribution in [0.5, 0.6) is 5.75 Å². The number of hydrogen-bond donors (Lipinski definition) is 1. The van der Waals surface area contributed by atoms with Crippen molar-refractivity contribution in [2.24, 2.45) is 4.99 Å². The fourth-order valence-electron chi connectivity index (χ4n) is 2.11. The molecule has 0 amide bonds. The monoisotopic (exact) mass is 386 g/mol. The van der Waals surface area contributed by atoms with Crippen LogP contribution in [0.2, 0.25) is 0 Å². The van der Waals surface area contributed by atoms with E-state index in [2.05, 4.69) is 20.9 Å². The van der Waals surface area contributed by atoms with Gasteiger partial charge in [0.2, 0.25) is 0 Å². The van der Waals surface area contributed by atoms with Crippen LogP contribution in [0.15, 0.2) is 41.4 Å². The van der Waals surface area contributed by atoms with Crippen LogP contribution < -0.4 is 4.74 Å². The highest BCUT2D eigenvalue weighted by atomic mass is 79.9. The van der Waals surface area contributed by atoms with Crippen molar-refractivity contribution < 1.29 is 13.5 Å². The molecule has 0 aliphatic heterocycles. The molecule has 1 aromatic rings. The lowest BCUT2D eigenvalue weighted by molar-refractivity contribution is -0.131. The Bertz CT molecular complexity index is 569. The van der Waals surface area contributed by atoms with Crippen LogP contribution in [0.4, 0.5) is 8.78 Å². The first kappa shape index (κ1) is 19.5. The number of halogens is 3. The van der Waals surface area contributed by atoms with Crippen molar-refractivity contribution in [1.82, 2.24) is 0 Å². The van der Waals surface area contributed by atoms with E-state index in [0.717, 1.165) is 16.6 Å². The van der Waals surface area contributed by atoms with Crippen molar-refractivity contribution in [2.75, 3.05) is 0 Å². The van der Waals surface area contributed by atoms with Gasteiger partial charge in [-0.1, -0.05) is 18.2 Å². The Balaban J connectivity index is 2.73. The summed E-state index contributed by atoms with van der Waals surface area (Å²) in [6.07, 6.45) is 1.95. The minimum Gasteiger partial charge on any atom is -0.429 e. The average Bonchev–Trinajstić information content (AvgIpc) is 2.44. The van der Waals surface area contributed by atoms with Gasteiger partial charge in [-0.05, 0) is 66.5 Å². The lowest BCUT2D eigenvalue weighted by atomic mass is 10.0. The van der Waals surface area contributed by atoms with Crippen molar-refractivity contribution >= 4 is 26.8 Å². The van der Waals surface area contributed by atoms with Gasteiger partial charge in [-0.25, -0.2) is 0 Å². The number of nitrogens with one attached hydrogen (secondary N) is 1. The van der Waals surface area contributed by atoms with Crippen LogP contribution in [0, 0.1) is 5.41 Å². The maximum Gasteiger partial charge on any atom is 0.419 e. The Hall–Kier alpha value is -1.56. The zero-order valence-electron chi connectivity index (χ0n) is 13.2. The van der Waals surface area contributed by atoms with Crippen LogP contribution in [-0.4, -0.2) is 23.0 Å². The first-order valence-electron chi connectivity index (χ1n) is 7.34. The van der Waals surface area contributed by atoms with Gasteiger partial charge in [0.1, 0.15) is 5.75 Å². The summed E-state index contributed by atoms with van der Waals surface area (Å²) in [4.78, 5) is 4.41. The summed E-state index contributed by atoms with van der Waals surface area (Å²) in [5, 5.41) is 7.21. The van der Waals surface area contributed by atoms with Crippen LogP contribution in [0.25, 0.3) is 0 Å². The molecule has 0 spiro atoms. The second kappa shape index (κ2) is 9.55. The molecule has 0 aliphatic carbocycles. The van der Waals surface area contributed by atoms with E-state index < -0.39 is 6.11 Å². The molecule has 0 bridgehead atoms. The summed E-state index contributed by atoms with van der Waals surface area (Å²) in [6, 6.07) is 6.69. The molecule has 0 saturated carbocycles. The van der Waals surface area contributed by atoms with E-state index in [1.807, 2.05) is 13.0 Å². The standard InChI is InChI=1S/C17H21BrF2N2O/c1-3-10-17(19,20)23-16-6-4-5-14(12-16)7-8-15(9-11-21)22-13(2)18/h3-6,10-12,15,21H,7-9H2,1-2H3/b10-3+,21-11?,22-13?. The van der Waals surface area contributed by atoms with Gasteiger partial charge in [0.25, 0.3) is 0 Å². The topological polar surface area (TPSA) is 45.4 Å². The van der Waals surface area contributed by atoms with Gasteiger partial charge in [-0.15, -0.1) is 0 Å². The van der Waals surface area contributed by atoms with Crippen LogP contribution in [0.3, 0.4) is 0 Å². The van der Waals surface area contributed by atoms with Gasteiger partial charge in [0.05, 0.1) is 10.7 Å². The van der Waals surface area contributed by atoms with Crippen LogP contribution in [0.1, 0.15) is 32.3 Å². The molecule has 126 valence electrons. The van der Waals surface area contributed by atoms with Crippen molar-refractivity contribution in [2.45, 2.75) is 45.3 Å². The number of ether oxygens (including phenoxy) is 1. The van der Waals surface area contributed by atoms with Crippen molar-refractivity contribution in [3.8, 4) is 5.75 Å². The fourth-order valence-corrected chi connectivity index (χ4v) is 2.40. The lowest BCUT2D eigenvalue weighted by Crippen LogP contribution is -2.21. The first-order chi connectivity index (χ1) is 10.9. The second-order valence-corrected chi connectivity index (χ2v) is 6.22. The van der Waals surface area contributed by atoms with E-state index in [1.165, 1.54) is 25.3 Å². The molecule has 0 radical (unpaired) electrons. The summed E-state index contributed by atoms with van der Waals surface area (Å²) in [7, 11) is 0. The summed E-state index contributed by atoms with van der Waals surface area (Å²) in [6.45, 7) is 3.36. The highest BCUT2D eigenvalue weighted by Crippen LogP contribution is 2.24. The molecule has 0 aromatic heterocycles. The quantitative estimate of drug-likeness (QED) is 0.448. The lowest BCUT2D eigenvalue weighted by Gasteiger charge is -2.15. The minimum atomic E-state index is -3.31. The summed E-state index contributed by atoms with van der Waals surface area (Å²) >= 11 is 3.30. The number of aliphatic imine (C=N–C) groups is 1. The van der Waals surface area contributed by atoms with Gasteiger partial charge in [-0.3, -0.25) is 4.99 Å². The van der Waals surface area contributed by atoms with E-state index in [0.29, 0.717) is 18.9 Å². The molecule has 0 aliphatic rings. The fraction of sp³-hybridized carbons (Fsp3) is 0.412. The van der Waals surface area contributed by atoms with E-state index in [1.54, 1.807) is 12.1 Å². The summed E-state index contributed by atoms with van der Waals surface area (Å²) in [5.41, 5.74) is 0.899. The number of allylic oxidation sites excluding steroid dienone is 1. The van der Waals surface area contributed by atoms with Crippen molar-refractivity contribution in [1.29, 1.82) is 5.41 Å². The number of benzene rings is 1. The number of aryl methyl sites for hydroxylation is 1. The molecule has 1 aromatic carbocycles. The Kier molecular flexibility index (Phi) is 8.09. The van der Waals surface area contributed by atoms with Crippen molar-refractivity contribution in [3.05, 3.63) is 42.0 Å². The third-order valence-corrected chi connectivity index (χ3v) is 3.23. The molecular formula is C17H21BrF2N2O. The third kappa shape index (κ3) is 8.02. The molecule has 1 unspecified atom stereocenters. The van der Waals surface area contributed by atoms with E-state index in [-0.39, 0.29) is 11.8 Å². The minimum absolute atomic E-state index is 0.000847. The predicted octanol–water partition coefficient (Wildman–Crippen LogP) is 5.39. The average molecular weight is 387 g/mol. The normalized spacial score (nSPS) is 14.0. The molecular weight excluding hydrogens is 366 g/mol. The number of hydrogen-bond acceptors (Lipinski definition) is 3. The van der Waals surface area contributed by atoms with E-state index in [9.17, 15) is 8.78 Å². The Morgan fingerprint density at radius 1 is 1.48 bits per heavy atom. The second-order valence-electron chi connectivity index (χ2n) is 5.07. The summed E-state index contributed by atoms with van der Waals surface area (Å²) in [5.74, 6) is 0.134. The highest BCUT2D eigenvalue weighted by Gasteiger charge is 2.27.